The van der Waals surface area contributed by atoms with E-state index in [1.807, 2.05) is 36.5 Å². The number of fused-ring (bicyclic) bond motifs is 1. The normalized spacial score (nSPS) is 11.2. The first-order chi connectivity index (χ1) is 8.16. The van der Waals surface area contributed by atoms with Crippen LogP contribution in [0.25, 0.3) is 17.0 Å². The quantitative estimate of drug-likeness (QED) is 0.862. The summed E-state index contributed by atoms with van der Waals surface area (Å²) in [7, 11) is 0. The van der Waals surface area contributed by atoms with Gasteiger partial charge in [-0.25, -0.2) is 0 Å². The van der Waals surface area contributed by atoms with E-state index < -0.39 is 0 Å². The van der Waals surface area contributed by atoms with Gasteiger partial charge in [-0.15, -0.1) is 0 Å². The lowest BCUT2D eigenvalue weighted by Crippen LogP contribution is -2.19. The van der Waals surface area contributed by atoms with E-state index in [0.29, 0.717) is 11.6 Å². The van der Waals surface area contributed by atoms with Crippen LogP contribution >= 0.6 is 11.6 Å². The van der Waals surface area contributed by atoms with Gasteiger partial charge >= 0.3 is 0 Å². The van der Waals surface area contributed by atoms with E-state index in [-0.39, 0.29) is 5.91 Å². The molecule has 0 aliphatic carbocycles. The first-order valence-electron chi connectivity index (χ1n) is 5.34. The second kappa shape index (κ2) is 5.06. The highest BCUT2D eigenvalue weighted by atomic mass is 35.5. The number of benzene rings is 1. The topological polar surface area (TPSA) is 44.9 Å². The molecule has 0 spiro atoms. The van der Waals surface area contributed by atoms with Crippen LogP contribution in [0, 0.1) is 0 Å². The molecule has 0 radical (unpaired) electrons. The van der Waals surface area contributed by atoms with Crippen molar-refractivity contribution in [1.82, 2.24) is 10.3 Å². The Morgan fingerprint density at radius 2 is 2.35 bits per heavy atom. The summed E-state index contributed by atoms with van der Waals surface area (Å²) < 4.78 is 0. The third-order valence-electron chi connectivity index (χ3n) is 2.44. The maximum Gasteiger partial charge on any atom is 0.217 e. The van der Waals surface area contributed by atoms with E-state index in [2.05, 4.69) is 10.3 Å². The predicted octanol–water partition coefficient (Wildman–Crippen LogP) is 2.97. The summed E-state index contributed by atoms with van der Waals surface area (Å²) in [6.07, 6.45) is 5.81. The molecular weight excluding hydrogens is 236 g/mol. The summed E-state index contributed by atoms with van der Waals surface area (Å²) >= 11 is 5.90. The zero-order valence-corrected chi connectivity index (χ0v) is 10.2. The largest absolute Gasteiger partial charge is 0.361 e. The minimum Gasteiger partial charge on any atom is -0.361 e. The van der Waals surface area contributed by atoms with E-state index in [9.17, 15) is 4.79 Å². The van der Waals surface area contributed by atoms with Crippen LogP contribution in [0.2, 0.25) is 5.02 Å². The Morgan fingerprint density at radius 1 is 1.53 bits per heavy atom. The molecule has 1 amide bonds. The van der Waals surface area contributed by atoms with Gasteiger partial charge in [0, 0.05) is 35.6 Å². The lowest BCUT2D eigenvalue weighted by Gasteiger charge is -1.95. The first-order valence-corrected chi connectivity index (χ1v) is 5.72. The Bertz CT molecular complexity index is 572. The number of H-pyrrole nitrogens is 1. The van der Waals surface area contributed by atoms with Crippen LogP contribution in [0.1, 0.15) is 12.5 Å². The average Bonchev–Trinajstić information content (AvgIpc) is 2.66. The van der Waals surface area contributed by atoms with Gasteiger partial charge in [-0.1, -0.05) is 29.8 Å². The fraction of sp³-hybridized carbons (Fsp3) is 0.154. The highest BCUT2D eigenvalue weighted by molar-refractivity contribution is 6.31. The maximum atomic E-state index is 10.7. The van der Waals surface area contributed by atoms with Crippen molar-refractivity contribution >= 4 is 34.5 Å². The lowest BCUT2D eigenvalue weighted by molar-refractivity contribution is -0.118. The van der Waals surface area contributed by atoms with Gasteiger partial charge in [0.05, 0.1) is 0 Å². The molecule has 3 nitrogen and oxygen atoms in total. The van der Waals surface area contributed by atoms with Crippen molar-refractivity contribution in [3.63, 3.8) is 0 Å². The van der Waals surface area contributed by atoms with Crippen LogP contribution in [0.3, 0.4) is 0 Å². The third-order valence-corrected chi connectivity index (χ3v) is 2.68. The zero-order chi connectivity index (χ0) is 12.3. The summed E-state index contributed by atoms with van der Waals surface area (Å²) in [5.41, 5.74) is 2.10. The molecule has 0 atom stereocenters. The lowest BCUT2D eigenvalue weighted by atomic mass is 10.1. The maximum absolute atomic E-state index is 10.7. The molecule has 88 valence electrons. The van der Waals surface area contributed by atoms with E-state index in [1.54, 1.807) is 0 Å². The highest BCUT2D eigenvalue weighted by Crippen LogP contribution is 2.22. The van der Waals surface area contributed by atoms with E-state index >= 15 is 0 Å². The van der Waals surface area contributed by atoms with Gasteiger partial charge in [-0.3, -0.25) is 4.79 Å². The molecule has 2 aromatic rings. The van der Waals surface area contributed by atoms with Gasteiger partial charge in [-0.2, -0.15) is 0 Å². The van der Waals surface area contributed by atoms with Crippen LogP contribution in [0.15, 0.2) is 30.5 Å². The number of carbonyl (C=O) groups is 1. The Hall–Kier alpha value is -1.74. The standard InChI is InChI=1S/C13H13ClN2O/c1-9(17)15-6-2-3-10-8-16-13-7-11(14)4-5-12(10)13/h2-5,7-8,16H,6H2,1H3,(H,15,17). The molecule has 0 saturated heterocycles. The number of aromatic amines is 1. The summed E-state index contributed by atoms with van der Waals surface area (Å²) in [5, 5.41) is 4.54. The number of nitrogens with one attached hydrogen (secondary N) is 2. The van der Waals surface area contributed by atoms with Gasteiger partial charge < -0.3 is 10.3 Å². The average molecular weight is 249 g/mol. The summed E-state index contributed by atoms with van der Waals surface area (Å²) in [6, 6.07) is 5.73. The Labute approximate surface area is 104 Å². The van der Waals surface area contributed by atoms with E-state index in [4.69, 9.17) is 11.6 Å². The summed E-state index contributed by atoms with van der Waals surface area (Å²) in [5.74, 6) is -0.0274. The van der Waals surface area contributed by atoms with Gasteiger partial charge in [0.25, 0.3) is 0 Å². The van der Waals surface area contributed by atoms with Crippen molar-refractivity contribution in [3.05, 3.63) is 41.1 Å². The number of carbonyl (C=O) groups excluding carboxylic acids is 1. The van der Waals surface area contributed by atoms with Gasteiger partial charge in [-0.05, 0) is 17.7 Å². The Kier molecular flexibility index (Phi) is 3.49. The molecular formula is C13H13ClN2O. The molecule has 2 N–H and O–H groups in total. The van der Waals surface area contributed by atoms with Crippen LogP contribution in [-0.2, 0) is 4.79 Å². The van der Waals surface area contributed by atoms with Crippen LogP contribution in [0.5, 0.6) is 0 Å². The summed E-state index contributed by atoms with van der Waals surface area (Å²) in [4.78, 5) is 13.8. The fourth-order valence-electron chi connectivity index (χ4n) is 1.65. The second-order valence-corrected chi connectivity index (χ2v) is 4.21. The van der Waals surface area contributed by atoms with E-state index in [1.165, 1.54) is 6.92 Å². The first kappa shape index (κ1) is 11.7. The van der Waals surface area contributed by atoms with Gasteiger partial charge in [0.15, 0.2) is 0 Å². The minimum absolute atomic E-state index is 0.0274. The second-order valence-electron chi connectivity index (χ2n) is 3.77. The number of amides is 1. The fourth-order valence-corrected chi connectivity index (χ4v) is 1.82. The molecule has 0 fully saturated rings. The molecule has 0 aliphatic rings. The van der Waals surface area contributed by atoms with Gasteiger partial charge in [0.1, 0.15) is 0 Å². The molecule has 4 heteroatoms. The molecule has 1 aromatic heterocycles. The smallest absolute Gasteiger partial charge is 0.217 e. The Morgan fingerprint density at radius 3 is 3.12 bits per heavy atom. The van der Waals surface area contributed by atoms with Crippen molar-refractivity contribution in [3.8, 4) is 0 Å². The molecule has 1 aromatic carbocycles. The molecule has 2 rings (SSSR count). The van der Waals surface area contributed by atoms with Crippen molar-refractivity contribution in [2.75, 3.05) is 6.54 Å². The molecule has 0 bridgehead atoms. The van der Waals surface area contributed by atoms with Crippen molar-refractivity contribution in [2.45, 2.75) is 6.92 Å². The van der Waals surface area contributed by atoms with Crippen LogP contribution in [-0.4, -0.2) is 17.4 Å². The Balaban J connectivity index is 2.16. The highest BCUT2D eigenvalue weighted by Gasteiger charge is 2.00. The number of aromatic nitrogens is 1. The number of halogens is 1. The van der Waals surface area contributed by atoms with Gasteiger partial charge in [0.2, 0.25) is 5.91 Å². The predicted molar refractivity (Wildman–Crippen MR) is 71.0 cm³/mol. The molecule has 0 unspecified atom stereocenters. The van der Waals surface area contributed by atoms with Crippen molar-refractivity contribution in [1.29, 1.82) is 0 Å². The molecule has 1 heterocycles. The van der Waals surface area contributed by atoms with Crippen LogP contribution in [0.4, 0.5) is 0 Å². The van der Waals surface area contributed by atoms with E-state index in [0.717, 1.165) is 16.5 Å². The van der Waals surface area contributed by atoms with Crippen LogP contribution < -0.4 is 5.32 Å². The monoisotopic (exact) mass is 248 g/mol. The molecule has 17 heavy (non-hydrogen) atoms. The minimum atomic E-state index is -0.0274. The van der Waals surface area contributed by atoms with Crippen molar-refractivity contribution in [2.24, 2.45) is 0 Å². The van der Waals surface area contributed by atoms with Crippen molar-refractivity contribution < 1.29 is 4.79 Å². The number of hydrogen-bond acceptors (Lipinski definition) is 1. The SMILES string of the molecule is CC(=O)NCC=Cc1c[nH]c2cc(Cl)ccc12. The molecule has 0 aliphatic heterocycles. The third kappa shape index (κ3) is 2.88. The zero-order valence-electron chi connectivity index (χ0n) is 9.46. The number of rotatable bonds is 3. The molecule has 0 saturated carbocycles. The number of hydrogen-bond donors (Lipinski definition) is 2. The summed E-state index contributed by atoms with van der Waals surface area (Å²) in [6.45, 7) is 2.04.